The van der Waals surface area contributed by atoms with Crippen LogP contribution >= 0.6 is 0 Å². The van der Waals surface area contributed by atoms with E-state index in [0.717, 1.165) is 23.7 Å². The lowest BCUT2D eigenvalue weighted by atomic mass is 9.97. The highest BCUT2D eigenvalue weighted by Gasteiger charge is 2.36. The van der Waals surface area contributed by atoms with Gasteiger partial charge in [0.15, 0.2) is 5.82 Å². The van der Waals surface area contributed by atoms with Gasteiger partial charge in [-0.05, 0) is 12.1 Å². The van der Waals surface area contributed by atoms with Crippen molar-refractivity contribution in [1.29, 1.82) is 0 Å². The Bertz CT molecular complexity index is 771. The summed E-state index contributed by atoms with van der Waals surface area (Å²) in [6.07, 6.45) is 1.66. The van der Waals surface area contributed by atoms with E-state index in [-0.39, 0.29) is 18.5 Å². The van der Waals surface area contributed by atoms with E-state index in [1.165, 1.54) is 0 Å². The lowest BCUT2D eigenvalue weighted by molar-refractivity contribution is 0.274. The Kier molecular flexibility index (Phi) is 4.13. The summed E-state index contributed by atoms with van der Waals surface area (Å²) < 4.78 is 18.9. The molecule has 0 radical (unpaired) electrons. The third-order valence-corrected chi connectivity index (χ3v) is 4.56. The predicted molar refractivity (Wildman–Crippen MR) is 88.0 cm³/mol. The molecule has 0 bridgehead atoms. The monoisotopic (exact) mass is 326 g/mol. The molecule has 2 aromatic heterocycles. The first-order valence-corrected chi connectivity index (χ1v) is 8.12. The Hall–Kier alpha value is -2.47. The zero-order valence-electron chi connectivity index (χ0n) is 13.2. The van der Waals surface area contributed by atoms with Gasteiger partial charge < -0.3 is 4.42 Å². The van der Waals surface area contributed by atoms with E-state index < -0.39 is 0 Å². The number of furan rings is 1. The van der Waals surface area contributed by atoms with E-state index >= 15 is 0 Å². The zero-order chi connectivity index (χ0) is 16.4. The summed E-state index contributed by atoms with van der Waals surface area (Å²) in [6.45, 7) is 1.78. The van der Waals surface area contributed by atoms with Crippen LogP contribution in [0.2, 0.25) is 0 Å². The molecule has 1 aliphatic heterocycles. The summed E-state index contributed by atoms with van der Waals surface area (Å²) in [6, 6.07) is 13.6. The summed E-state index contributed by atoms with van der Waals surface area (Å²) >= 11 is 0. The number of aromatic amines is 1. The Labute approximate surface area is 139 Å². The highest BCUT2D eigenvalue weighted by Crippen LogP contribution is 2.32. The number of halogens is 1. The molecule has 0 aliphatic carbocycles. The molecule has 0 saturated carbocycles. The van der Waals surface area contributed by atoms with Crippen molar-refractivity contribution >= 4 is 0 Å². The van der Waals surface area contributed by atoms with Gasteiger partial charge in [0.1, 0.15) is 11.6 Å². The number of hydrogen-bond donors (Lipinski definition) is 1. The molecule has 0 amide bonds. The molecular formula is C18H19FN4O. The summed E-state index contributed by atoms with van der Waals surface area (Å²) in [5, 5.41) is 7.32. The number of nitrogens with zero attached hydrogens (tertiary/aromatic N) is 3. The van der Waals surface area contributed by atoms with Crippen LogP contribution in [0.15, 0.2) is 53.1 Å². The Balaban J connectivity index is 1.51. The van der Waals surface area contributed by atoms with Crippen LogP contribution in [0.4, 0.5) is 4.39 Å². The molecule has 24 heavy (non-hydrogen) atoms. The molecule has 1 N–H and O–H groups in total. The zero-order valence-corrected chi connectivity index (χ0v) is 13.2. The van der Waals surface area contributed by atoms with Crippen molar-refractivity contribution in [2.24, 2.45) is 5.92 Å². The fourth-order valence-electron chi connectivity index (χ4n) is 3.34. The van der Waals surface area contributed by atoms with Gasteiger partial charge in [0, 0.05) is 30.5 Å². The summed E-state index contributed by atoms with van der Waals surface area (Å²) in [4.78, 5) is 6.82. The van der Waals surface area contributed by atoms with Crippen molar-refractivity contribution in [3.63, 3.8) is 0 Å². The lowest BCUT2D eigenvalue weighted by Crippen LogP contribution is -2.20. The normalized spacial score (nSPS) is 21.4. The summed E-state index contributed by atoms with van der Waals surface area (Å²) in [5.41, 5.74) is 0.960. The van der Waals surface area contributed by atoms with Crippen LogP contribution in [0, 0.1) is 5.92 Å². The molecule has 5 nitrogen and oxygen atoms in total. The van der Waals surface area contributed by atoms with Crippen LogP contribution in [0.5, 0.6) is 0 Å². The minimum Gasteiger partial charge on any atom is -0.468 e. The van der Waals surface area contributed by atoms with E-state index in [0.29, 0.717) is 18.9 Å². The van der Waals surface area contributed by atoms with Crippen LogP contribution in [-0.4, -0.2) is 39.8 Å². The third-order valence-electron chi connectivity index (χ3n) is 4.56. The van der Waals surface area contributed by atoms with E-state index in [4.69, 9.17) is 4.42 Å². The maximum absolute atomic E-state index is 13.5. The van der Waals surface area contributed by atoms with Crippen molar-refractivity contribution in [2.45, 2.75) is 12.5 Å². The average Bonchev–Trinajstić information content (AvgIpc) is 3.36. The molecule has 2 atom stereocenters. The average molecular weight is 326 g/mol. The second-order valence-corrected chi connectivity index (χ2v) is 6.20. The van der Waals surface area contributed by atoms with Crippen LogP contribution in [-0.2, 0) is 6.54 Å². The SMILES string of the molecule is FC[C@@H]1CN(Cc2ccco2)C[C@H]1c1nc(-c2ccccc2)n[nH]1. The van der Waals surface area contributed by atoms with Gasteiger partial charge in [0.25, 0.3) is 0 Å². The molecule has 124 valence electrons. The fraction of sp³-hybridized carbons (Fsp3) is 0.333. The fourth-order valence-corrected chi connectivity index (χ4v) is 3.34. The van der Waals surface area contributed by atoms with Gasteiger partial charge in [0.2, 0.25) is 0 Å². The molecule has 6 heteroatoms. The topological polar surface area (TPSA) is 58.0 Å². The Morgan fingerprint density at radius 1 is 1.17 bits per heavy atom. The number of aromatic nitrogens is 3. The highest BCUT2D eigenvalue weighted by molar-refractivity contribution is 5.53. The molecule has 1 fully saturated rings. The number of H-pyrrole nitrogens is 1. The maximum Gasteiger partial charge on any atom is 0.181 e. The van der Waals surface area contributed by atoms with Gasteiger partial charge in [-0.3, -0.25) is 14.4 Å². The number of benzene rings is 1. The number of alkyl halides is 1. The second kappa shape index (κ2) is 6.57. The Morgan fingerprint density at radius 3 is 2.79 bits per heavy atom. The molecule has 3 heterocycles. The van der Waals surface area contributed by atoms with Crippen molar-refractivity contribution in [2.75, 3.05) is 19.8 Å². The standard InChI is InChI=1S/C18H19FN4O/c19-9-14-10-23(11-15-7-4-8-24-15)12-16(14)18-20-17(21-22-18)13-5-2-1-3-6-13/h1-8,14,16H,9-12H2,(H,20,21,22)/t14-,16-/m1/s1. The predicted octanol–water partition coefficient (Wildman–Crippen LogP) is 3.25. The number of nitrogens with one attached hydrogen (secondary N) is 1. The Morgan fingerprint density at radius 2 is 2.04 bits per heavy atom. The van der Waals surface area contributed by atoms with Crippen molar-refractivity contribution in [3.8, 4) is 11.4 Å². The van der Waals surface area contributed by atoms with Gasteiger partial charge in [-0.1, -0.05) is 30.3 Å². The first-order valence-electron chi connectivity index (χ1n) is 8.12. The van der Waals surface area contributed by atoms with E-state index in [9.17, 15) is 4.39 Å². The molecular weight excluding hydrogens is 307 g/mol. The molecule has 0 spiro atoms. The van der Waals surface area contributed by atoms with Gasteiger partial charge >= 0.3 is 0 Å². The van der Waals surface area contributed by atoms with Crippen molar-refractivity contribution < 1.29 is 8.81 Å². The van der Waals surface area contributed by atoms with Gasteiger partial charge in [-0.25, -0.2) is 4.98 Å². The molecule has 3 aromatic rings. The number of hydrogen-bond acceptors (Lipinski definition) is 4. The van der Waals surface area contributed by atoms with Crippen LogP contribution in [0.3, 0.4) is 0 Å². The summed E-state index contributed by atoms with van der Waals surface area (Å²) in [7, 11) is 0. The second-order valence-electron chi connectivity index (χ2n) is 6.20. The molecule has 4 rings (SSSR count). The smallest absolute Gasteiger partial charge is 0.181 e. The van der Waals surface area contributed by atoms with Crippen LogP contribution in [0.1, 0.15) is 17.5 Å². The molecule has 1 aromatic carbocycles. The van der Waals surface area contributed by atoms with E-state index in [1.54, 1.807) is 6.26 Å². The maximum atomic E-state index is 13.5. The van der Waals surface area contributed by atoms with Crippen LogP contribution in [0.25, 0.3) is 11.4 Å². The van der Waals surface area contributed by atoms with E-state index in [2.05, 4.69) is 20.1 Å². The van der Waals surface area contributed by atoms with Gasteiger partial charge in [0.05, 0.1) is 19.5 Å². The van der Waals surface area contributed by atoms with Crippen molar-refractivity contribution in [1.82, 2.24) is 20.1 Å². The highest BCUT2D eigenvalue weighted by atomic mass is 19.1. The number of rotatable bonds is 5. The molecule has 0 unspecified atom stereocenters. The first-order chi connectivity index (χ1) is 11.8. The van der Waals surface area contributed by atoms with Crippen molar-refractivity contribution in [3.05, 3.63) is 60.3 Å². The van der Waals surface area contributed by atoms with Crippen LogP contribution < -0.4 is 0 Å². The van der Waals surface area contributed by atoms with Gasteiger partial charge in [-0.2, -0.15) is 5.10 Å². The first kappa shape index (κ1) is 15.1. The van der Waals surface area contributed by atoms with E-state index in [1.807, 2.05) is 42.5 Å². The quantitative estimate of drug-likeness (QED) is 0.782. The van der Waals surface area contributed by atoms with Gasteiger partial charge in [-0.15, -0.1) is 0 Å². The third kappa shape index (κ3) is 2.97. The minimum absolute atomic E-state index is 0.0231. The lowest BCUT2D eigenvalue weighted by Gasteiger charge is -2.13. The molecule has 1 aliphatic rings. The summed E-state index contributed by atoms with van der Waals surface area (Å²) in [5.74, 6) is 2.27. The molecule has 1 saturated heterocycles. The minimum atomic E-state index is -0.360. The number of likely N-dealkylation sites (tertiary alicyclic amines) is 1. The largest absolute Gasteiger partial charge is 0.468 e.